The van der Waals surface area contributed by atoms with Crippen LogP contribution >= 0.6 is 0 Å². The number of aromatic nitrogens is 2. The molecule has 0 radical (unpaired) electrons. The third-order valence-corrected chi connectivity index (χ3v) is 8.26. The van der Waals surface area contributed by atoms with Gasteiger partial charge in [0.05, 0.1) is 0 Å². The van der Waals surface area contributed by atoms with Crippen molar-refractivity contribution in [1.29, 1.82) is 0 Å². The summed E-state index contributed by atoms with van der Waals surface area (Å²) in [6, 6.07) is 15.8. The highest BCUT2D eigenvalue weighted by atomic mass is 19.4. The number of nitrogens with zero attached hydrogens (tertiary/aromatic N) is 2. The Morgan fingerprint density at radius 3 is 1.81 bits per heavy atom. The zero-order chi connectivity index (χ0) is 29.5. The Morgan fingerprint density at radius 2 is 1.19 bits per heavy atom. The highest BCUT2D eigenvalue weighted by molar-refractivity contribution is 5.57. The standard InChI is InChI=1S/C34H28F6N2/c35-33(36,37)31-15-9-22(19-41-31)6-5-21-8-13-27-28-14-12-24-3-1-2-4-26(24)30(28)18-25(29(27)17-21)11-7-23-10-16-32(42-20-23)34(38,39)40/h3,8-10,12-17,19-20H,1-2,4-7,11,18H2. The van der Waals surface area contributed by atoms with E-state index < -0.39 is 23.7 Å². The van der Waals surface area contributed by atoms with Crippen LogP contribution in [0.1, 0.15) is 58.5 Å². The van der Waals surface area contributed by atoms with Crippen LogP contribution in [0.5, 0.6) is 0 Å². The van der Waals surface area contributed by atoms with Crippen LogP contribution < -0.4 is 10.4 Å². The SMILES string of the molecule is FC(F)(F)c1ccc(CCC2=c3cc(CCc4ccc(C(F)(F)F)nc4)ccc3=c3ccc4c(c3C2)CCCC=4)cn1. The van der Waals surface area contributed by atoms with E-state index in [0.29, 0.717) is 25.7 Å². The van der Waals surface area contributed by atoms with Crippen LogP contribution in [-0.2, 0) is 44.5 Å². The fraction of sp³-hybridized carbons (Fsp3) is 0.294. The molecule has 2 aromatic heterocycles. The zero-order valence-electron chi connectivity index (χ0n) is 22.7. The molecule has 2 heterocycles. The van der Waals surface area contributed by atoms with Crippen molar-refractivity contribution >= 4 is 11.6 Å². The average molecular weight is 579 g/mol. The molecule has 0 N–H and O–H groups in total. The summed E-state index contributed by atoms with van der Waals surface area (Å²) in [6.45, 7) is 0. The van der Waals surface area contributed by atoms with Gasteiger partial charge in [-0.2, -0.15) is 26.3 Å². The maximum atomic E-state index is 13.0. The third kappa shape index (κ3) is 5.85. The predicted octanol–water partition coefficient (Wildman–Crippen LogP) is 7.04. The fourth-order valence-electron chi connectivity index (χ4n) is 6.06. The average Bonchev–Trinajstić information content (AvgIpc) is 2.98. The predicted molar refractivity (Wildman–Crippen MR) is 149 cm³/mol. The molecule has 6 rings (SSSR count). The van der Waals surface area contributed by atoms with Crippen molar-refractivity contribution in [3.63, 3.8) is 0 Å². The van der Waals surface area contributed by atoms with E-state index in [9.17, 15) is 26.3 Å². The van der Waals surface area contributed by atoms with Crippen LogP contribution in [-0.4, -0.2) is 9.97 Å². The maximum Gasteiger partial charge on any atom is 0.433 e. The quantitative estimate of drug-likeness (QED) is 0.230. The number of rotatable bonds is 6. The van der Waals surface area contributed by atoms with Gasteiger partial charge in [0.1, 0.15) is 11.4 Å². The summed E-state index contributed by atoms with van der Waals surface area (Å²) in [5.41, 5.74) is 4.70. The minimum absolute atomic E-state index is 0.552. The van der Waals surface area contributed by atoms with Crippen molar-refractivity contribution in [1.82, 2.24) is 9.97 Å². The molecular formula is C34H28F6N2. The Bertz CT molecular complexity index is 1840. The van der Waals surface area contributed by atoms with Gasteiger partial charge < -0.3 is 0 Å². The molecule has 0 unspecified atom stereocenters. The zero-order valence-corrected chi connectivity index (χ0v) is 22.7. The van der Waals surface area contributed by atoms with Gasteiger partial charge in [0.25, 0.3) is 0 Å². The number of benzene rings is 2. The molecule has 0 bridgehead atoms. The second-order valence-corrected chi connectivity index (χ2v) is 11.0. The number of halogens is 6. The van der Waals surface area contributed by atoms with Gasteiger partial charge in [-0.3, -0.25) is 9.97 Å². The summed E-state index contributed by atoms with van der Waals surface area (Å²) >= 11 is 0. The van der Waals surface area contributed by atoms with E-state index in [2.05, 4.69) is 46.4 Å². The van der Waals surface area contributed by atoms with Gasteiger partial charge >= 0.3 is 12.4 Å². The van der Waals surface area contributed by atoms with E-state index in [1.807, 2.05) is 0 Å². The largest absolute Gasteiger partial charge is 0.433 e. The van der Waals surface area contributed by atoms with Crippen molar-refractivity contribution in [2.45, 2.75) is 63.7 Å². The van der Waals surface area contributed by atoms with Crippen LogP contribution in [0.25, 0.3) is 11.6 Å². The van der Waals surface area contributed by atoms with Gasteiger partial charge in [-0.25, -0.2) is 0 Å². The normalized spacial score (nSPS) is 14.6. The molecule has 4 aromatic rings. The molecule has 0 saturated heterocycles. The minimum atomic E-state index is -4.47. The van der Waals surface area contributed by atoms with Crippen molar-refractivity contribution in [3.05, 3.63) is 127 Å². The minimum Gasteiger partial charge on any atom is -0.252 e. The van der Waals surface area contributed by atoms with Gasteiger partial charge in [0.2, 0.25) is 0 Å². The van der Waals surface area contributed by atoms with Crippen LogP contribution in [0, 0.1) is 10.4 Å². The Morgan fingerprint density at radius 1 is 0.595 bits per heavy atom. The number of hydrogen-bond acceptors (Lipinski definition) is 2. The first kappa shape index (κ1) is 28.2. The van der Waals surface area contributed by atoms with E-state index >= 15 is 0 Å². The highest BCUT2D eigenvalue weighted by Gasteiger charge is 2.32. The molecule has 2 aliphatic rings. The molecule has 2 aromatic carbocycles. The molecule has 0 amide bonds. The van der Waals surface area contributed by atoms with E-state index in [1.54, 1.807) is 0 Å². The molecule has 216 valence electrons. The van der Waals surface area contributed by atoms with Gasteiger partial charge in [-0.05, 0) is 112 Å². The van der Waals surface area contributed by atoms with Crippen molar-refractivity contribution in [2.75, 3.05) is 0 Å². The molecular weight excluding hydrogens is 550 g/mol. The lowest BCUT2D eigenvalue weighted by Crippen LogP contribution is -2.23. The first-order valence-electron chi connectivity index (χ1n) is 14.1. The van der Waals surface area contributed by atoms with E-state index in [0.717, 1.165) is 64.9 Å². The van der Waals surface area contributed by atoms with Crippen LogP contribution in [0.4, 0.5) is 26.3 Å². The molecule has 0 fully saturated rings. The van der Waals surface area contributed by atoms with Gasteiger partial charge in [-0.1, -0.05) is 54.1 Å². The van der Waals surface area contributed by atoms with Gasteiger partial charge in [0, 0.05) is 12.4 Å². The second kappa shape index (κ2) is 11.0. The third-order valence-electron chi connectivity index (χ3n) is 8.26. The van der Waals surface area contributed by atoms with Crippen LogP contribution in [0.2, 0.25) is 0 Å². The molecule has 8 heteroatoms. The van der Waals surface area contributed by atoms with E-state index in [1.165, 1.54) is 51.7 Å². The number of fused-ring (bicyclic) bond motifs is 4. The molecule has 0 aliphatic heterocycles. The van der Waals surface area contributed by atoms with Crippen molar-refractivity contribution in [2.24, 2.45) is 0 Å². The summed E-state index contributed by atoms with van der Waals surface area (Å²) in [5, 5.41) is 4.78. The summed E-state index contributed by atoms with van der Waals surface area (Å²) in [4.78, 5) is 7.21. The smallest absolute Gasteiger partial charge is 0.252 e. The van der Waals surface area contributed by atoms with Gasteiger partial charge in [-0.15, -0.1) is 0 Å². The number of alkyl halides is 6. The summed E-state index contributed by atoms with van der Waals surface area (Å²) in [6.07, 6.45) is 2.38. The molecule has 0 atom stereocenters. The topological polar surface area (TPSA) is 25.8 Å². The summed E-state index contributed by atoms with van der Waals surface area (Å²) < 4.78 is 77.7. The lowest BCUT2D eigenvalue weighted by atomic mass is 9.84. The van der Waals surface area contributed by atoms with Crippen molar-refractivity contribution < 1.29 is 26.3 Å². The van der Waals surface area contributed by atoms with Gasteiger partial charge in [0.15, 0.2) is 0 Å². The first-order valence-corrected chi connectivity index (χ1v) is 14.1. The molecule has 2 nitrogen and oxygen atoms in total. The fourth-order valence-corrected chi connectivity index (χ4v) is 6.06. The molecule has 42 heavy (non-hydrogen) atoms. The highest BCUT2D eigenvalue weighted by Crippen LogP contribution is 2.29. The lowest BCUT2D eigenvalue weighted by Gasteiger charge is -2.21. The Kier molecular flexibility index (Phi) is 7.41. The summed E-state index contributed by atoms with van der Waals surface area (Å²) in [7, 11) is 0. The Labute approximate surface area is 238 Å². The van der Waals surface area contributed by atoms with Crippen LogP contribution in [0.15, 0.2) is 67.0 Å². The Hall–Kier alpha value is -3.94. The van der Waals surface area contributed by atoms with Crippen molar-refractivity contribution in [3.8, 4) is 0 Å². The summed E-state index contributed by atoms with van der Waals surface area (Å²) in [5.74, 6) is 0. The maximum absolute atomic E-state index is 13.0. The van der Waals surface area contributed by atoms with E-state index in [4.69, 9.17) is 0 Å². The van der Waals surface area contributed by atoms with E-state index in [-0.39, 0.29) is 0 Å². The number of hydrogen-bond donors (Lipinski definition) is 0. The molecule has 0 saturated carbocycles. The lowest BCUT2D eigenvalue weighted by molar-refractivity contribution is -0.142. The number of aryl methyl sites for hydroxylation is 3. The second-order valence-electron chi connectivity index (χ2n) is 11.0. The monoisotopic (exact) mass is 578 g/mol. The Balaban J connectivity index is 1.35. The number of pyridine rings is 2. The van der Waals surface area contributed by atoms with Crippen LogP contribution in [0.3, 0.4) is 0 Å². The first-order chi connectivity index (χ1) is 20.1. The molecule has 2 aliphatic carbocycles. The molecule has 0 spiro atoms.